The summed E-state index contributed by atoms with van der Waals surface area (Å²) in [4.78, 5) is 0. The van der Waals surface area contributed by atoms with Crippen LogP contribution in [0.25, 0.3) is 0 Å². The van der Waals surface area contributed by atoms with Crippen LogP contribution in [0.2, 0.25) is 0 Å². The molecule has 1 heterocycles. The van der Waals surface area contributed by atoms with Gasteiger partial charge < -0.3 is 35.8 Å². The van der Waals surface area contributed by atoms with Gasteiger partial charge in [0.2, 0.25) is 0 Å². The van der Waals surface area contributed by atoms with Crippen molar-refractivity contribution in [3.8, 4) is 0 Å². The molecule has 1 aliphatic heterocycles. The third kappa shape index (κ3) is 3.70. The quantitative estimate of drug-likeness (QED) is 0.434. The molecule has 1 saturated heterocycles. The molecule has 1 aromatic carbocycles. The van der Waals surface area contributed by atoms with E-state index in [1.807, 2.05) is 12.1 Å². The summed E-state index contributed by atoms with van der Waals surface area (Å²) in [6, 6.07) is 6.61. The van der Waals surface area contributed by atoms with Crippen LogP contribution in [0.4, 0.5) is 5.69 Å². The lowest BCUT2D eigenvalue weighted by Crippen LogP contribution is -2.63. The first-order valence-corrected chi connectivity index (χ1v) is 6.80. The molecular weight excluding hydrogens is 276 g/mol. The monoisotopic (exact) mass is 298 g/mol. The highest BCUT2D eigenvalue weighted by atomic mass is 16.7. The van der Waals surface area contributed by atoms with Gasteiger partial charge in [-0.25, -0.2) is 0 Å². The molecule has 0 unspecified atom stereocenters. The summed E-state index contributed by atoms with van der Waals surface area (Å²) >= 11 is 0. The van der Waals surface area contributed by atoms with E-state index < -0.39 is 30.6 Å². The molecule has 21 heavy (non-hydrogen) atoms. The van der Waals surface area contributed by atoms with Gasteiger partial charge in [0.1, 0.15) is 18.3 Å². The Bertz CT molecular complexity index is 425. The van der Waals surface area contributed by atoms with Gasteiger partial charge in [0.25, 0.3) is 0 Å². The van der Waals surface area contributed by atoms with Crippen LogP contribution in [0.5, 0.6) is 0 Å². The average Bonchev–Trinajstić information content (AvgIpc) is 2.49. The van der Waals surface area contributed by atoms with E-state index in [0.29, 0.717) is 12.2 Å². The topological polar surface area (TPSA) is 117 Å². The van der Waals surface area contributed by atoms with Crippen molar-refractivity contribution >= 4 is 5.69 Å². The molecule has 2 rings (SSSR count). The molecule has 5 atom stereocenters. The van der Waals surface area contributed by atoms with Gasteiger partial charge in [-0.3, -0.25) is 0 Å². The van der Waals surface area contributed by atoms with E-state index in [1.165, 1.54) is 7.11 Å². The molecule has 6 N–H and O–H groups in total. The number of nitrogen functional groups attached to an aromatic ring is 1. The zero-order valence-electron chi connectivity index (χ0n) is 11.8. The Morgan fingerprint density at radius 2 is 1.90 bits per heavy atom. The zero-order valence-corrected chi connectivity index (χ0v) is 11.8. The standard InChI is InChI=1S/C14H22N2O5/c1-20-14-13(19)11(12(18)10(7-17)21-14)16-6-8-2-4-9(15)5-3-8/h2-5,10-14,16-19H,6-7,15H2,1H3/t10-,11-,12-,13+,14+/m1/s1. The van der Waals surface area contributed by atoms with Crippen LogP contribution in [-0.4, -0.2) is 59.7 Å². The van der Waals surface area contributed by atoms with Gasteiger partial charge >= 0.3 is 0 Å². The summed E-state index contributed by atoms with van der Waals surface area (Å²) in [5, 5.41) is 32.6. The van der Waals surface area contributed by atoms with Crippen LogP contribution in [-0.2, 0) is 16.0 Å². The van der Waals surface area contributed by atoms with E-state index in [1.54, 1.807) is 12.1 Å². The molecule has 1 fully saturated rings. The first-order chi connectivity index (χ1) is 10.1. The van der Waals surface area contributed by atoms with E-state index >= 15 is 0 Å². The van der Waals surface area contributed by atoms with Crippen LogP contribution in [0.15, 0.2) is 24.3 Å². The summed E-state index contributed by atoms with van der Waals surface area (Å²) in [5.74, 6) is 0. The highest BCUT2D eigenvalue weighted by molar-refractivity contribution is 5.39. The van der Waals surface area contributed by atoms with Gasteiger partial charge in [-0.05, 0) is 17.7 Å². The normalized spacial score (nSPS) is 33.0. The van der Waals surface area contributed by atoms with Crippen LogP contribution >= 0.6 is 0 Å². The fourth-order valence-electron chi connectivity index (χ4n) is 2.39. The number of hydrogen-bond donors (Lipinski definition) is 5. The summed E-state index contributed by atoms with van der Waals surface area (Å²) in [5.41, 5.74) is 7.25. The van der Waals surface area contributed by atoms with Gasteiger partial charge in [0.15, 0.2) is 6.29 Å². The molecule has 0 aliphatic carbocycles. The fraction of sp³-hybridized carbons (Fsp3) is 0.571. The Hall–Kier alpha value is -1.22. The number of aliphatic hydroxyl groups is 3. The summed E-state index contributed by atoms with van der Waals surface area (Å²) in [6.45, 7) is 0.0848. The number of methoxy groups -OCH3 is 1. The summed E-state index contributed by atoms with van der Waals surface area (Å²) in [7, 11) is 1.40. The van der Waals surface area contributed by atoms with Crippen molar-refractivity contribution in [2.45, 2.75) is 37.2 Å². The lowest BCUT2D eigenvalue weighted by Gasteiger charge is -2.42. The lowest BCUT2D eigenvalue weighted by molar-refractivity contribution is -0.271. The number of aliphatic hydroxyl groups excluding tert-OH is 3. The predicted octanol–water partition coefficient (Wildman–Crippen LogP) is -1.19. The minimum absolute atomic E-state index is 0.353. The third-order valence-corrected chi connectivity index (χ3v) is 3.64. The largest absolute Gasteiger partial charge is 0.399 e. The molecular formula is C14H22N2O5. The van der Waals surface area contributed by atoms with Crippen molar-refractivity contribution in [3.05, 3.63) is 29.8 Å². The number of nitrogens with one attached hydrogen (secondary N) is 1. The smallest absolute Gasteiger partial charge is 0.185 e. The second-order valence-electron chi connectivity index (χ2n) is 5.09. The molecule has 1 aromatic rings. The third-order valence-electron chi connectivity index (χ3n) is 3.64. The molecule has 7 heteroatoms. The Kier molecular flexibility index (Phi) is 5.51. The van der Waals surface area contributed by atoms with Gasteiger partial charge in [-0.1, -0.05) is 12.1 Å². The number of rotatable bonds is 5. The van der Waals surface area contributed by atoms with Crippen molar-refractivity contribution < 1.29 is 24.8 Å². The maximum absolute atomic E-state index is 10.2. The van der Waals surface area contributed by atoms with Gasteiger partial charge in [-0.15, -0.1) is 0 Å². The first-order valence-electron chi connectivity index (χ1n) is 6.80. The average molecular weight is 298 g/mol. The molecule has 0 bridgehead atoms. The van der Waals surface area contributed by atoms with Crippen molar-refractivity contribution in [1.82, 2.24) is 5.32 Å². The maximum atomic E-state index is 10.2. The van der Waals surface area contributed by atoms with Gasteiger partial charge in [-0.2, -0.15) is 0 Å². The predicted molar refractivity (Wildman–Crippen MR) is 76.3 cm³/mol. The van der Waals surface area contributed by atoms with E-state index in [9.17, 15) is 15.3 Å². The molecule has 0 saturated carbocycles. The Labute approximate surface area is 123 Å². The summed E-state index contributed by atoms with van der Waals surface area (Å²) < 4.78 is 10.3. The second kappa shape index (κ2) is 7.17. The SMILES string of the molecule is CO[C@H]1O[C@H](CO)[C@@H](O)[C@@H](NCc2ccc(N)cc2)[C@@H]1O. The Morgan fingerprint density at radius 3 is 2.48 bits per heavy atom. The van der Waals surface area contributed by atoms with Crippen LogP contribution < -0.4 is 11.1 Å². The van der Waals surface area contributed by atoms with Crippen LogP contribution in [0.3, 0.4) is 0 Å². The molecule has 0 amide bonds. The van der Waals surface area contributed by atoms with Crippen molar-refractivity contribution in [1.29, 1.82) is 0 Å². The molecule has 0 spiro atoms. The molecule has 118 valence electrons. The number of benzene rings is 1. The minimum atomic E-state index is -1.04. The fourth-order valence-corrected chi connectivity index (χ4v) is 2.39. The van der Waals surface area contributed by atoms with Gasteiger partial charge in [0, 0.05) is 19.3 Å². The summed E-state index contributed by atoms with van der Waals surface area (Å²) in [6.07, 6.45) is -3.77. The highest BCUT2D eigenvalue weighted by Crippen LogP contribution is 2.22. The van der Waals surface area contributed by atoms with E-state index in [2.05, 4.69) is 5.32 Å². The molecule has 1 aliphatic rings. The van der Waals surface area contributed by atoms with E-state index in [-0.39, 0.29) is 6.61 Å². The van der Waals surface area contributed by atoms with Crippen molar-refractivity contribution in [2.24, 2.45) is 0 Å². The number of ether oxygens (including phenoxy) is 2. The first kappa shape index (κ1) is 16.2. The van der Waals surface area contributed by atoms with Crippen LogP contribution in [0, 0.1) is 0 Å². The number of hydrogen-bond acceptors (Lipinski definition) is 7. The van der Waals surface area contributed by atoms with E-state index in [0.717, 1.165) is 5.56 Å². The Balaban J connectivity index is 2.02. The van der Waals surface area contributed by atoms with E-state index in [4.69, 9.17) is 15.2 Å². The number of nitrogens with two attached hydrogens (primary N) is 1. The van der Waals surface area contributed by atoms with Gasteiger partial charge in [0.05, 0.1) is 12.6 Å². The molecule has 7 nitrogen and oxygen atoms in total. The number of anilines is 1. The van der Waals surface area contributed by atoms with Crippen molar-refractivity contribution in [3.63, 3.8) is 0 Å². The molecule has 0 aromatic heterocycles. The maximum Gasteiger partial charge on any atom is 0.185 e. The second-order valence-corrected chi connectivity index (χ2v) is 5.09. The molecule has 0 radical (unpaired) electrons. The lowest BCUT2D eigenvalue weighted by atomic mass is 9.96. The van der Waals surface area contributed by atoms with Crippen LogP contribution in [0.1, 0.15) is 5.56 Å². The highest BCUT2D eigenvalue weighted by Gasteiger charge is 2.44. The minimum Gasteiger partial charge on any atom is -0.399 e. The Morgan fingerprint density at radius 1 is 1.24 bits per heavy atom. The zero-order chi connectivity index (χ0) is 15.4. The van der Waals surface area contributed by atoms with Crippen molar-refractivity contribution in [2.75, 3.05) is 19.5 Å².